The third kappa shape index (κ3) is 337. The normalized spacial score (nSPS) is 10.0. The first kappa shape index (κ1) is 28.3. The van der Waals surface area contributed by atoms with Gasteiger partial charge in [0.2, 0.25) is 0 Å². The Morgan fingerprint density at radius 2 is 0.737 bits per heavy atom. The molecule has 19 heavy (non-hydrogen) atoms. The van der Waals surface area contributed by atoms with E-state index >= 15 is 0 Å². The monoisotopic (exact) mass is 358 g/mol. The molecule has 0 radical (unpaired) electrons. The van der Waals surface area contributed by atoms with E-state index in [1.54, 1.807) is 0 Å². The fraction of sp³-hybridized carbons (Fsp3) is 1.00. The molecule has 0 aromatic rings. The maximum Gasteiger partial charge on any atom is 0.319 e. The molecule has 122 valence electrons. The second-order valence-electron chi connectivity index (χ2n) is 3.44. The van der Waals surface area contributed by atoms with Gasteiger partial charge in [-0.2, -0.15) is 0 Å². The molecular formula is C9H28O6P2S2. The van der Waals surface area contributed by atoms with Crippen LogP contribution in [0.4, 0.5) is 0 Å². The van der Waals surface area contributed by atoms with E-state index in [0.717, 1.165) is 0 Å². The van der Waals surface area contributed by atoms with E-state index in [4.69, 9.17) is 29.4 Å². The number of hydrogen-bond acceptors (Lipinski definition) is 2. The van der Waals surface area contributed by atoms with Crippen molar-refractivity contribution in [1.82, 2.24) is 0 Å². The molecule has 0 spiro atoms. The summed E-state index contributed by atoms with van der Waals surface area (Å²) in [5, 5.41) is 0. The summed E-state index contributed by atoms with van der Waals surface area (Å²) in [4.78, 5) is 45.3. The van der Waals surface area contributed by atoms with Crippen molar-refractivity contribution in [2.45, 2.75) is 59.8 Å². The van der Waals surface area contributed by atoms with Crippen LogP contribution in [0.3, 0.4) is 0 Å². The molecular weight excluding hydrogens is 330 g/mol. The maximum atomic E-state index is 7.56. The summed E-state index contributed by atoms with van der Waals surface area (Å²) in [6, 6.07) is 0. The van der Waals surface area contributed by atoms with E-state index in [0.29, 0.717) is 0 Å². The molecule has 0 saturated carbocycles. The Kier molecular flexibility index (Phi) is 28.3. The average Bonchev–Trinajstić information content (AvgIpc) is 2.10. The van der Waals surface area contributed by atoms with Crippen molar-refractivity contribution < 1.29 is 29.4 Å². The first-order chi connectivity index (χ1) is 8.33. The average molecular weight is 358 g/mol. The zero-order valence-electron chi connectivity index (χ0n) is 11.9. The van der Waals surface area contributed by atoms with Crippen molar-refractivity contribution >= 4 is 37.1 Å². The van der Waals surface area contributed by atoms with Crippen molar-refractivity contribution in [2.24, 2.45) is 0 Å². The quantitative estimate of drug-likeness (QED) is 0.336. The molecule has 0 atom stereocenters. The SMILES string of the molecule is CCC.CCCCCC.OP(O)(O)=S.OP(O)(O)=S. The molecule has 0 heterocycles. The van der Waals surface area contributed by atoms with E-state index in [2.05, 4.69) is 51.3 Å². The van der Waals surface area contributed by atoms with Crippen LogP contribution in [0.1, 0.15) is 59.8 Å². The minimum absolute atomic E-state index is 1.25. The van der Waals surface area contributed by atoms with Gasteiger partial charge in [0.05, 0.1) is 0 Å². The second kappa shape index (κ2) is 19.1. The van der Waals surface area contributed by atoms with Crippen LogP contribution in [-0.4, -0.2) is 29.4 Å². The first-order valence-electron chi connectivity index (χ1n) is 5.89. The Balaban J connectivity index is -0.0000000811. The summed E-state index contributed by atoms with van der Waals surface area (Å²) in [6.45, 7) is 1.10. The smallest absolute Gasteiger partial charge is 0.319 e. The molecule has 0 aromatic carbocycles. The zero-order chi connectivity index (χ0) is 16.5. The lowest BCUT2D eigenvalue weighted by Crippen LogP contribution is -1.66. The van der Waals surface area contributed by atoms with Gasteiger partial charge in [0.25, 0.3) is 0 Å². The molecule has 0 aliphatic heterocycles. The van der Waals surface area contributed by atoms with E-state index in [9.17, 15) is 0 Å². The molecule has 0 amide bonds. The van der Waals surface area contributed by atoms with Gasteiger partial charge in [0, 0.05) is 0 Å². The Morgan fingerprint density at radius 3 is 0.789 bits per heavy atom. The summed E-state index contributed by atoms with van der Waals surface area (Å²) in [5.41, 5.74) is 0. The van der Waals surface area contributed by atoms with Crippen molar-refractivity contribution in [3.05, 3.63) is 0 Å². The molecule has 0 bridgehead atoms. The molecule has 0 unspecified atom stereocenters. The molecule has 0 aliphatic rings. The van der Waals surface area contributed by atoms with Crippen LogP contribution in [0.5, 0.6) is 0 Å². The Labute approximate surface area is 126 Å². The Morgan fingerprint density at radius 1 is 0.632 bits per heavy atom. The van der Waals surface area contributed by atoms with Gasteiger partial charge in [-0.05, 0) is 23.6 Å². The van der Waals surface area contributed by atoms with E-state index < -0.39 is 13.4 Å². The highest BCUT2D eigenvalue weighted by Crippen LogP contribution is 2.26. The third-order valence-corrected chi connectivity index (χ3v) is 0.957. The van der Waals surface area contributed by atoms with Gasteiger partial charge in [-0.25, -0.2) is 0 Å². The van der Waals surface area contributed by atoms with Crippen LogP contribution in [0.2, 0.25) is 0 Å². The Hall–Kier alpha value is 1.06. The lowest BCUT2D eigenvalue weighted by atomic mass is 10.2. The minimum atomic E-state index is -3.81. The van der Waals surface area contributed by atoms with Crippen LogP contribution in [-0.2, 0) is 23.6 Å². The summed E-state index contributed by atoms with van der Waals surface area (Å²) >= 11 is 7.21. The van der Waals surface area contributed by atoms with Gasteiger partial charge in [0.15, 0.2) is 0 Å². The summed E-state index contributed by atoms with van der Waals surface area (Å²) in [7, 11) is 0. The summed E-state index contributed by atoms with van der Waals surface area (Å²) in [5.74, 6) is 0. The third-order valence-electron chi connectivity index (χ3n) is 0.957. The molecule has 0 saturated heterocycles. The topological polar surface area (TPSA) is 121 Å². The predicted octanol–water partition coefficient (Wildman–Crippen LogP) is 2.38. The van der Waals surface area contributed by atoms with Gasteiger partial charge in [-0.1, -0.05) is 59.8 Å². The second-order valence-corrected chi connectivity index (χ2v) is 8.43. The highest BCUT2D eigenvalue weighted by Gasteiger charge is 1.92. The van der Waals surface area contributed by atoms with Crippen molar-refractivity contribution in [1.29, 1.82) is 0 Å². The molecule has 0 fully saturated rings. The lowest BCUT2D eigenvalue weighted by Gasteiger charge is -1.88. The van der Waals surface area contributed by atoms with Gasteiger partial charge >= 0.3 is 13.4 Å². The largest absolute Gasteiger partial charge is 0.325 e. The van der Waals surface area contributed by atoms with E-state index in [1.165, 1.54) is 32.1 Å². The van der Waals surface area contributed by atoms with Gasteiger partial charge < -0.3 is 29.4 Å². The van der Waals surface area contributed by atoms with Gasteiger partial charge in [0.1, 0.15) is 0 Å². The zero-order valence-corrected chi connectivity index (χ0v) is 15.4. The molecule has 10 heteroatoms. The first-order valence-corrected chi connectivity index (χ1v) is 11.2. The van der Waals surface area contributed by atoms with Crippen molar-refractivity contribution in [3.63, 3.8) is 0 Å². The van der Waals surface area contributed by atoms with Crippen LogP contribution in [0, 0.1) is 0 Å². The van der Waals surface area contributed by atoms with Crippen LogP contribution < -0.4 is 0 Å². The van der Waals surface area contributed by atoms with Crippen LogP contribution >= 0.6 is 13.4 Å². The minimum Gasteiger partial charge on any atom is -0.325 e. The number of unbranched alkanes of at least 4 members (excludes halogenated alkanes) is 3. The van der Waals surface area contributed by atoms with Gasteiger partial charge in [-0.3, -0.25) is 0 Å². The molecule has 6 nitrogen and oxygen atoms in total. The highest BCUT2D eigenvalue weighted by molar-refractivity contribution is 8.06. The van der Waals surface area contributed by atoms with Crippen molar-refractivity contribution in [3.8, 4) is 0 Å². The molecule has 0 aromatic heterocycles. The van der Waals surface area contributed by atoms with Crippen LogP contribution in [0.15, 0.2) is 0 Å². The summed E-state index contributed by atoms with van der Waals surface area (Å²) < 4.78 is 0. The molecule has 0 rings (SSSR count). The lowest BCUT2D eigenvalue weighted by molar-refractivity contribution is 0.361. The van der Waals surface area contributed by atoms with E-state index in [-0.39, 0.29) is 0 Å². The molecule has 0 aliphatic carbocycles. The highest BCUT2D eigenvalue weighted by atomic mass is 32.5. The van der Waals surface area contributed by atoms with Crippen molar-refractivity contribution in [2.75, 3.05) is 0 Å². The fourth-order valence-corrected chi connectivity index (χ4v) is 0.500. The van der Waals surface area contributed by atoms with E-state index in [1.807, 2.05) is 0 Å². The van der Waals surface area contributed by atoms with Crippen LogP contribution in [0.25, 0.3) is 0 Å². The summed E-state index contributed by atoms with van der Waals surface area (Å²) in [6.07, 6.45) is 6.79. The predicted molar refractivity (Wildman–Crippen MR) is 87.7 cm³/mol. The maximum absolute atomic E-state index is 7.56. The number of rotatable bonds is 3. The van der Waals surface area contributed by atoms with Gasteiger partial charge in [-0.15, -0.1) is 0 Å². The number of hydrogen-bond donors (Lipinski definition) is 6. The molecule has 6 N–H and O–H groups in total. The fourth-order valence-electron chi connectivity index (χ4n) is 0.500. The standard InChI is InChI=1S/C6H14.C3H8.2H3O3PS/c1-3-5-6-4-2;1-3-2;2*1-4(2,3)5/h3-6H2,1-2H3;3H2,1-2H3;2*(H3,1,2,3,5). The Bertz CT molecular complexity index is 200.